The third-order valence-electron chi connectivity index (χ3n) is 4.99. The average Bonchev–Trinajstić information content (AvgIpc) is 3.13. The van der Waals surface area contributed by atoms with Crippen molar-refractivity contribution < 1.29 is 13.6 Å². The van der Waals surface area contributed by atoms with Crippen LogP contribution in [-0.2, 0) is 24.3 Å². The second-order valence-electron chi connectivity index (χ2n) is 7.35. The highest BCUT2D eigenvalue weighted by atomic mass is 127. The molecule has 2 aromatic rings. The molecular weight excluding hydrogens is 513 g/mol. The van der Waals surface area contributed by atoms with Gasteiger partial charge in [0.1, 0.15) is 11.6 Å². The molecule has 1 saturated heterocycles. The zero-order chi connectivity index (χ0) is 21.3. The van der Waals surface area contributed by atoms with E-state index in [0.717, 1.165) is 36.2 Å². The first-order chi connectivity index (χ1) is 14.5. The van der Waals surface area contributed by atoms with Gasteiger partial charge in [-0.1, -0.05) is 24.3 Å². The van der Waals surface area contributed by atoms with Gasteiger partial charge < -0.3 is 15.5 Å². The molecule has 1 aliphatic rings. The number of amides is 1. The fourth-order valence-electron chi connectivity index (χ4n) is 3.48. The van der Waals surface area contributed by atoms with E-state index in [9.17, 15) is 13.6 Å². The summed E-state index contributed by atoms with van der Waals surface area (Å²) in [6.07, 6.45) is 1.93. The van der Waals surface area contributed by atoms with Crippen LogP contribution in [0.5, 0.6) is 0 Å². The smallest absolute Gasteiger partial charge is 0.222 e. The van der Waals surface area contributed by atoms with Crippen LogP contribution in [0.15, 0.2) is 47.5 Å². The van der Waals surface area contributed by atoms with E-state index in [1.165, 1.54) is 6.07 Å². The first kappa shape index (κ1) is 25.0. The van der Waals surface area contributed by atoms with Crippen molar-refractivity contribution in [3.8, 4) is 0 Å². The molecule has 2 N–H and O–H groups in total. The minimum Gasteiger partial charge on any atom is -0.357 e. The summed E-state index contributed by atoms with van der Waals surface area (Å²) in [4.78, 5) is 18.3. The molecule has 1 fully saturated rings. The van der Waals surface area contributed by atoms with Crippen molar-refractivity contribution >= 4 is 35.8 Å². The van der Waals surface area contributed by atoms with Crippen LogP contribution in [0.25, 0.3) is 0 Å². The maximum absolute atomic E-state index is 13.8. The highest BCUT2D eigenvalue weighted by molar-refractivity contribution is 14.0. The summed E-state index contributed by atoms with van der Waals surface area (Å²) in [5.41, 5.74) is 2.48. The number of halogens is 3. The van der Waals surface area contributed by atoms with Crippen LogP contribution in [0.4, 0.5) is 8.78 Å². The van der Waals surface area contributed by atoms with Crippen LogP contribution in [0, 0.1) is 11.6 Å². The molecule has 1 aliphatic heterocycles. The lowest BCUT2D eigenvalue weighted by atomic mass is 10.1. The molecule has 31 heavy (non-hydrogen) atoms. The van der Waals surface area contributed by atoms with E-state index >= 15 is 0 Å². The van der Waals surface area contributed by atoms with Gasteiger partial charge in [-0.15, -0.1) is 24.0 Å². The number of likely N-dealkylation sites (tertiary alicyclic amines) is 1. The maximum atomic E-state index is 13.8. The number of carbonyl (C=O) groups is 1. The average molecular weight is 542 g/mol. The number of guanidine groups is 1. The number of rotatable bonds is 8. The molecule has 0 aromatic heterocycles. The number of hydrogen-bond acceptors (Lipinski definition) is 2. The zero-order valence-electron chi connectivity index (χ0n) is 17.7. The Labute approximate surface area is 199 Å². The molecule has 2 aromatic carbocycles. The van der Waals surface area contributed by atoms with Crippen LogP contribution in [-0.4, -0.2) is 36.4 Å². The van der Waals surface area contributed by atoms with Gasteiger partial charge in [0.15, 0.2) is 5.96 Å². The third-order valence-corrected chi connectivity index (χ3v) is 4.99. The van der Waals surface area contributed by atoms with E-state index in [0.29, 0.717) is 50.5 Å². The molecular formula is C23H29F2IN4O. The Morgan fingerprint density at radius 3 is 2.68 bits per heavy atom. The lowest BCUT2D eigenvalue weighted by Crippen LogP contribution is -2.38. The molecule has 0 atom stereocenters. The minimum absolute atomic E-state index is 0. The van der Waals surface area contributed by atoms with E-state index in [1.807, 2.05) is 30.0 Å². The van der Waals surface area contributed by atoms with E-state index in [-0.39, 0.29) is 29.9 Å². The first-order valence-electron chi connectivity index (χ1n) is 10.4. The predicted octanol–water partition coefficient (Wildman–Crippen LogP) is 4.00. The number of benzene rings is 2. The molecule has 0 unspecified atom stereocenters. The van der Waals surface area contributed by atoms with Gasteiger partial charge in [-0.2, -0.15) is 0 Å². The number of carbonyl (C=O) groups excluding carboxylic acids is 1. The highest BCUT2D eigenvalue weighted by Gasteiger charge is 2.19. The largest absolute Gasteiger partial charge is 0.357 e. The molecule has 0 spiro atoms. The Morgan fingerprint density at radius 1 is 1.13 bits per heavy atom. The van der Waals surface area contributed by atoms with Gasteiger partial charge in [-0.25, -0.2) is 13.8 Å². The van der Waals surface area contributed by atoms with Gasteiger partial charge in [0, 0.05) is 32.6 Å². The van der Waals surface area contributed by atoms with Crippen LogP contribution in [0.1, 0.15) is 36.5 Å². The maximum Gasteiger partial charge on any atom is 0.222 e. The molecule has 168 valence electrons. The Morgan fingerprint density at radius 2 is 1.94 bits per heavy atom. The lowest BCUT2D eigenvalue weighted by Gasteiger charge is -2.16. The second-order valence-corrected chi connectivity index (χ2v) is 7.35. The molecule has 0 aliphatic carbocycles. The Kier molecular flexibility index (Phi) is 10.2. The Balaban J connectivity index is 0.00000341. The Bertz CT molecular complexity index is 907. The number of hydrogen-bond donors (Lipinski definition) is 2. The summed E-state index contributed by atoms with van der Waals surface area (Å²) in [5, 5.41) is 6.32. The van der Waals surface area contributed by atoms with Gasteiger partial charge in [0.2, 0.25) is 5.91 Å². The number of nitrogens with zero attached hydrogens (tertiary/aromatic N) is 2. The Hall–Kier alpha value is -2.23. The van der Waals surface area contributed by atoms with Crippen LogP contribution in [0.3, 0.4) is 0 Å². The van der Waals surface area contributed by atoms with Crippen molar-refractivity contribution in [1.29, 1.82) is 0 Å². The van der Waals surface area contributed by atoms with Gasteiger partial charge >= 0.3 is 0 Å². The van der Waals surface area contributed by atoms with Gasteiger partial charge in [0.25, 0.3) is 0 Å². The summed E-state index contributed by atoms with van der Waals surface area (Å²) in [6, 6.07) is 11.6. The second kappa shape index (κ2) is 12.6. The molecule has 0 saturated carbocycles. The fraction of sp³-hybridized carbons (Fsp3) is 0.391. The molecule has 1 heterocycles. The van der Waals surface area contributed by atoms with E-state index < -0.39 is 11.6 Å². The summed E-state index contributed by atoms with van der Waals surface area (Å²) in [5.74, 6) is -0.0165. The molecule has 3 rings (SSSR count). The number of aliphatic imine (C=N–C) groups is 1. The standard InChI is InChI=1S/C23H28F2N4O.HI/c1-2-26-23(27-11-10-19-14-20(24)8-9-21(19)25)28-15-17-5-3-6-18(13-17)16-29-12-4-7-22(29)30;/h3,5-6,8-9,13-14H,2,4,7,10-12,15-16H2,1H3,(H2,26,27,28);1H. The van der Waals surface area contributed by atoms with Crippen molar-refractivity contribution in [2.45, 2.75) is 39.3 Å². The normalized spacial score (nSPS) is 13.8. The van der Waals surface area contributed by atoms with Gasteiger partial charge in [0.05, 0.1) is 6.54 Å². The predicted molar refractivity (Wildman–Crippen MR) is 129 cm³/mol. The minimum atomic E-state index is -0.442. The number of nitrogens with one attached hydrogen (secondary N) is 2. The van der Waals surface area contributed by atoms with E-state index in [1.54, 1.807) is 0 Å². The van der Waals surface area contributed by atoms with Crippen LogP contribution < -0.4 is 10.6 Å². The van der Waals surface area contributed by atoms with Crippen molar-refractivity contribution in [3.05, 3.63) is 70.8 Å². The molecule has 1 amide bonds. The fourth-order valence-corrected chi connectivity index (χ4v) is 3.48. The van der Waals surface area contributed by atoms with E-state index in [2.05, 4.69) is 21.7 Å². The summed E-state index contributed by atoms with van der Waals surface area (Å²) >= 11 is 0. The monoisotopic (exact) mass is 542 g/mol. The van der Waals surface area contributed by atoms with Crippen molar-refractivity contribution in [2.24, 2.45) is 4.99 Å². The summed E-state index contributed by atoms with van der Waals surface area (Å²) in [7, 11) is 0. The van der Waals surface area contributed by atoms with Crippen molar-refractivity contribution in [3.63, 3.8) is 0 Å². The van der Waals surface area contributed by atoms with Crippen molar-refractivity contribution in [2.75, 3.05) is 19.6 Å². The quantitative estimate of drug-likeness (QED) is 0.301. The lowest BCUT2D eigenvalue weighted by molar-refractivity contribution is -0.128. The van der Waals surface area contributed by atoms with Gasteiger partial charge in [-0.3, -0.25) is 4.79 Å². The van der Waals surface area contributed by atoms with E-state index in [4.69, 9.17) is 0 Å². The highest BCUT2D eigenvalue weighted by Crippen LogP contribution is 2.15. The van der Waals surface area contributed by atoms with Gasteiger partial charge in [-0.05, 0) is 54.7 Å². The molecule has 8 heteroatoms. The zero-order valence-corrected chi connectivity index (χ0v) is 20.0. The summed E-state index contributed by atoms with van der Waals surface area (Å²) in [6.45, 7) is 5.03. The topological polar surface area (TPSA) is 56.7 Å². The van der Waals surface area contributed by atoms with Crippen LogP contribution >= 0.6 is 24.0 Å². The summed E-state index contributed by atoms with van der Waals surface area (Å²) < 4.78 is 27.1. The SMILES string of the molecule is CCNC(=NCc1cccc(CN2CCCC2=O)c1)NCCc1cc(F)ccc1F.I. The molecule has 5 nitrogen and oxygen atoms in total. The molecule has 0 radical (unpaired) electrons. The van der Waals surface area contributed by atoms with Crippen LogP contribution in [0.2, 0.25) is 0 Å². The first-order valence-corrected chi connectivity index (χ1v) is 10.4. The third kappa shape index (κ3) is 7.75. The van der Waals surface area contributed by atoms with Crippen molar-refractivity contribution in [1.82, 2.24) is 15.5 Å². The molecule has 0 bridgehead atoms.